The third-order valence-corrected chi connectivity index (χ3v) is 6.77. The van der Waals surface area contributed by atoms with Crippen LogP contribution in [0.1, 0.15) is 28.6 Å². The second-order valence-corrected chi connectivity index (χ2v) is 9.26. The molecule has 1 N–H and O–H groups in total. The van der Waals surface area contributed by atoms with Crippen LogP contribution in [-0.2, 0) is 6.54 Å². The Morgan fingerprint density at radius 2 is 1.69 bits per heavy atom. The highest BCUT2D eigenvalue weighted by Crippen LogP contribution is 2.38. The summed E-state index contributed by atoms with van der Waals surface area (Å²) in [4.78, 5) is 15.8. The van der Waals surface area contributed by atoms with Crippen molar-refractivity contribution in [2.24, 2.45) is 0 Å². The lowest BCUT2D eigenvalue weighted by Crippen LogP contribution is -2.38. The molecule has 1 aliphatic rings. The number of nitrogens with one attached hydrogen (secondary N) is 1. The minimum absolute atomic E-state index is 0.210. The van der Waals surface area contributed by atoms with E-state index in [1.807, 2.05) is 89.4 Å². The van der Waals surface area contributed by atoms with Crippen LogP contribution >= 0.6 is 11.6 Å². The number of halogens is 1. The predicted octanol–water partition coefficient (Wildman–Crippen LogP) is 6.76. The van der Waals surface area contributed by atoms with Crippen molar-refractivity contribution in [3.8, 4) is 11.5 Å². The Kier molecular flexibility index (Phi) is 5.58. The van der Waals surface area contributed by atoms with E-state index in [0.717, 1.165) is 34.0 Å². The fourth-order valence-corrected chi connectivity index (χ4v) is 5.09. The van der Waals surface area contributed by atoms with Crippen LogP contribution in [0.4, 0.5) is 10.5 Å². The number of hydrogen-bond donors (Lipinski definition) is 1. The van der Waals surface area contributed by atoms with Crippen LogP contribution in [0, 0.1) is 6.92 Å². The number of amides is 2. The monoisotopic (exact) mass is 493 g/mol. The molecule has 0 spiro atoms. The van der Waals surface area contributed by atoms with Crippen molar-refractivity contribution >= 4 is 23.3 Å². The first-order valence-electron chi connectivity index (χ1n) is 11.8. The van der Waals surface area contributed by atoms with Crippen LogP contribution in [0.15, 0.2) is 103 Å². The summed E-state index contributed by atoms with van der Waals surface area (Å²) < 4.78 is 4.13. The SMILES string of the molecule is Cc1nn(-c2ccccc2)c2c1CN(C(=O)Nc1cccc(Cl)c1)C(c1ccccc1)c1cccn1-2. The fraction of sp³-hybridized carbons (Fsp3) is 0.103. The zero-order valence-corrected chi connectivity index (χ0v) is 20.4. The number of aromatic nitrogens is 3. The number of urea groups is 1. The van der Waals surface area contributed by atoms with Gasteiger partial charge in [0, 0.05) is 22.5 Å². The van der Waals surface area contributed by atoms with Crippen LogP contribution in [0.5, 0.6) is 0 Å². The number of anilines is 1. The number of aryl methyl sites for hydroxylation is 1. The Hall–Kier alpha value is -4.29. The van der Waals surface area contributed by atoms with Gasteiger partial charge in [-0.25, -0.2) is 9.48 Å². The van der Waals surface area contributed by atoms with Crippen molar-refractivity contribution in [2.45, 2.75) is 19.5 Å². The van der Waals surface area contributed by atoms with Gasteiger partial charge < -0.3 is 14.8 Å². The second kappa shape index (κ2) is 9.06. The molecule has 1 aliphatic heterocycles. The molecular weight excluding hydrogens is 470 g/mol. The number of para-hydroxylation sites is 1. The summed E-state index contributed by atoms with van der Waals surface area (Å²) in [5, 5.41) is 8.52. The van der Waals surface area contributed by atoms with Crippen molar-refractivity contribution in [3.63, 3.8) is 0 Å². The van der Waals surface area contributed by atoms with Crippen molar-refractivity contribution in [2.75, 3.05) is 5.32 Å². The Balaban J connectivity index is 1.53. The first-order valence-corrected chi connectivity index (χ1v) is 12.2. The molecule has 0 bridgehead atoms. The lowest BCUT2D eigenvalue weighted by Gasteiger charge is -2.31. The number of benzene rings is 3. The maximum Gasteiger partial charge on any atom is 0.322 e. The number of hydrogen-bond acceptors (Lipinski definition) is 2. The van der Waals surface area contributed by atoms with Crippen molar-refractivity contribution in [1.82, 2.24) is 19.2 Å². The molecule has 2 aromatic heterocycles. The number of rotatable bonds is 3. The molecule has 0 saturated carbocycles. The molecule has 0 fully saturated rings. The lowest BCUT2D eigenvalue weighted by atomic mass is 10.0. The summed E-state index contributed by atoms with van der Waals surface area (Å²) in [6, 6.07) is 31.0. The Labute approximate surface area is 214 Å². The molecule has 2 amide bonds. The predicted molar refractivity (Wildman–Crippen MR) is 142 cm³/mol. The number of carbonyl (C=O) groups excluding carboxylic acids is 1. The molecule has 0 radical (unpaired) electrons. The lowest BCUT2D eigenvalue weighted by molar-refractivity contribution is 0.194. The fourth-order valence-electron chi connectivity index (χ4n) is 4.90. The molecular formula is C29H24ClN5O. The van der Waals surface area contributed by atoms with E-state index >= 15 is 0 Å². The number of fused-ring (bicyclic) bond motifs is 3. The number of carbonyl (C=O) groups is 1. The van der Waals surface area contributed by atoms with Gasteiger partial charge in [0.1, 0.15) is 5.82 Å². The first kappa shape index (κ1) is 22.2. The standard InChI is InChI=1S/C29H24ClN5O/c1-20-25-19-34(29(36)31-23-13-8-12-22(30)18-23)27(21-10-4-2-5-11-21)26-16-9-17-33(26)28(25)35(32-20)24-14-6-3-7-15-24/h2-18,27H,19H2,1H3,(H,31,36). The summed E-state index contributed by atoms with van der Waals surface area (Å²) in [7, 11) is 0. The van der Waals surface area contributed by atoms with E-state index in [9.17, 15) is 4.79 Å². The van der Waals surface area contributed by atoms with Crippen LogP contribution in [0.25, 0.3) is 11.5 Å². The van der Waals surface area contributed by atoms with Crippen molar-refractivity contribution in [3.05, 3.63) is 131 Å². The van der Waals surface area contributed by atoms with E-state index in [1.54, 1.807) is 12.1 Å². The average molecular weight is 494 g/mol. The molecule has 0 aliphatic carbocycles. The van der Waals surface area contributed by atoms with E-state index in [2.05, 4.69) is 28.1 Å². The molecule has 6 nitrogen and oxygen atoms in total. The molecule has 3 heterocycles. The van der Waals surface area contributed by atoms with Gasteiger partial charge in [0.05, 0.1) is 29.7 Å². The molecule has 1 atom stereocenters. The largest absolute Gasteiger partial charge is 0.322 e. The van der Waals surface area contributed by atoms with Gasteiger partial charge in [0.2, 0.25) is 0 Å². The van der Waals surface area contributed by atoms with E-state index in [-0.39, 0.29) is 12.1 Å². The van der Waals surface area contributed by atoms with Gasteiger partial charge in [-0.05, 0) is 55.0 Å². The van der Waals surface area contributed by atoms with E-state index in [0.29, 0.717) is 17.3 Å². The van der Waals surface area contributed by atoms with Crippen LogP contribution < -0.4 is 5.32 Å². The molecule has 36 heavy (non-hydrogen) atoms. The zero-order chi connectivity index (χ0) is 24.6. The van der Waals surface area contributed by atoms with Gasteiger partial charge >= 0.3 is 6.03 Å². The molecule has 3 aromatic carbocycles. The zero-order valence-electron chi connectivity index (χ0n) is 19.7. The highest BCUT2D eigenvalue weighted by atomic mass is 35.5. The molecule has 7 heteroatoms. The van der Waals surface area contributed by atoms with Crippen molar-refractivity contribution in [1.29, 1.82) is 0 Å². The van der Waals surface area contributed by atoms with Crippen LogP contribution in [0.3, 0.4) is 0 Å². The van der Waals surface area contributed by atoms with E-state index < -0.39 is 0 Å². The van der Waals surface area contributed by atoms with Crippen LogP contribution in [0.2, 0.25) is 5.02 Å². The van der Waals surface area contributed by atoms with Gasteiger partial charge in [-0.15, -0.1) is 0 Å². The Bertz CT molecular complexity index is 1540. The van der Waals surface area contributed by atoms with Gasteiger partial charge in [-0.1, -0.05) is 66.2 Å². The average Bonchev–Trinajstić information content (AvgIpc) is 3.45. The normalized spacial score (nSPS) is 14.6. The van der Waals surface area contributed by atoms with Gasteiger partial charge in [0.15, 0.2) is 0 Å². The van der Waals surface area contributed by atoms with Crippen LogP contribution in [-0.4, -0.2) is 25.3 Å². The topological polar surface area (TPSA) is 55.1 Å². The highest BCUT2D eigenvalue weighted by molar-refractivity contribution is 6.30. The summed E-state index contributed by atoms with van der Waals surface area (Å²) in [5.74, 6) is 0.942. The Morgan fingerprint density at radius 3 is 2.44 bits per heavy atom. The minimum atomic E-state index is -0.309. The van der Waals surface area contributed by atoms with E-state index in [4.69, 9.17) is 16.7 Å². The van der Waals surface area contributed by atoms with E-state index in [1.165, 1.54) is 0 Å². The molecule has 0 saturated heterocycles. The highest BCUT2D eigenvalue weighted by Gasteiger charge is 2.35. The summed E-state index contributed by atoms with van der Waals surface area (Å²) >= 11 is 6.19. The smallest absolute Gasteiger partial charge is 0.308 e. The molecule has 178 valence electrons. The summed E-state index contributed by atoms with van der Waals surface area (Å²) in [6.07, 6.45) is 2.04. The summed E-state index contributed by atoms with van der Waals surface area (Å²) in [5.41, 5.74) is 5.50. The molecule has 5 aromatic rings. The van der Waals surface area contributed by atoms with Crippen molar-refractivity contribution < 1.29 is 4.79 Å². The van der Waals surface area contributed by atoms with Gasteiger partial charge in [-0.3, -0.25) is 0 Å². The quantitative estimate of drug-likeness (QED) is 0.302. The van der Waals surface area contributed by atoms with Gasteiger partial charge in [-0.2, -0.15) is 5.10 Å². The maximum atomic E-state index is 13.9. The number of nitrogens with zero attached hydrogens (tertiary/aromatic N) is 4. The molecule has 1 unspecified atom stereocenters. The third-order valence-electron chi connectivity index (χ3n) is 6.54. The third kappa shape index (κ3) is 3.85. The second-order valence-electron chi connectivity index (χ2n) is 8.82. The molecule has 6 rings (SSSR count). The summed E-state index contributed by atoms with van der Waals surface area (Å²) in [6.45, 7) is 2.39. The maximum absolute atomic E-state index is 13.9. The first-order chi connectivity index (χ1) is 17.6. The van der Waals surface area contributed by atoms with Gasteiger partial charge in [0.25, 0.3) is 0 Å². The minimum Gasteiger partial charge on any atom is -0.308 e. The Morgan fingerprint density at radius 1 is 0.944 bits per heavy atom.